The summed E-state index contributed by atoms with van der Waals surface area (Å²) in [4.78, 5) is 12.2. The summed E-state index contributed by atoms with van der Waals surface area (Å²) in [6.45, 7) is 1.98. The third-order valence-electron chi connectivity index (χ3n) is 3.76. The number of hydrogen-bond acceptors (Lipinski definition) is 6. The van der Waals surface area contributed by atoms with Crippen LogP contribution in [0.15, 0.2) is 53.1 Å². The molecule has 0 aliphatic carbocycles. The molecule has 0 saturated carbocycles. The molecule has 0 aliphatic heterocycles. The summed E-state index contributed by atoms with van der Waals surface area (Å²) in [6, 6.07) is 13.5. The zero-order valence-corrected chi connectivity index (χ0v) is 14.9. The first-order valence-electron chi connectivity index (χ1n) is 8.31. The number of esters is 1. The van der Waals surface area contributed by atoms with Crippen LogP contribution in [0.1, 0.15) is 23.0 Å². The number of carbonyl (C=O) groups excluding carboxylic acids is 1. The highest BCUT2D eigenvalue weighted by molar-refractivity contribution is 5.92. The van der Waals surface area contributed by atoms with Crippen LogP contribution in [-0.2, 0) is 11.3 Å². The molecular weight excluding hydrogens is 353 g/mol. The van der Waals surface area contributed by atoms with Gasteiger partial charge in [0.2, 0.25) is 17.2 Å². The van der Waals surface area contributed by atoms with E-state index in [0.29, 0.717) is 5.75 Å². The molecule has 0 spiro atoms. The molecule has 2 aromatic carbocycles. The van der Waals surface area contributed by atoms with Crippen molar-refractivity contribution < 1.29 is 27.9 Å². The fraction of sp³-hybridized carbons (Fsp3) is 0.200. The fourth-order valence-electron chi connectivity index (χ4n) is 2.45. The summed E-state index contributed by atoms with van der Waals surface area (Å²) in [7, 11) is 1.47. The molecule has 140 valence electrons. The largest absolute Gasteiger partial charge is 0.497 e. The Hall–Kier alpha value is -3.35. The first-order valence-corrected chi connectivity index (χ1v) is 8.31. The molecule has 0 bridgehead atoms. The maximum absolute atomic E-state index is 14.4. The van der Waals surface area contributed by atoms with Gasteiger partial charge in [-0.3, -0.25) is 0 Å². The van der Waals surface area contributed by atoms with Gasteiger partial charge >= 0.3 is 5.97 Å². The lowest BCUT2D eigenvalue weighted by atomic mass is 10.1. The highest BCUT2D eigenvalue weighted by atomic mass is 19.1. The maximum Gasteiger partial charge on any atom is 0.364 e. The minimum absolute atomic E-state index is 0.00890. The van der Waals surface area contributed by atoms with E-state index < -0.39 is 11.8 Å². The highest BCUT2D eigenvalue weighted by Crippen LogP contribution is 2.37. The van der Waals surface area contributed by atoms with Crippen LogP contribution in [0.25, 0.3) is 11.3 Å². The minimum atomic E-state index is -0.709. The number of carbonyl (C=O) groups is 1. The fourth-order valence-corrected chi connectivity index (χ4v) is 2.45. The molecule has 3 aromatic rings. The average Bonchev–Trinajstić information content (AvgIpc) is 3.11. The molecule has 27 heavy (non-hydrogen) atoms. The van der Waals surface area contributed by atoms with Crippen LogP contribution in [0.3, 0.4) is 0 Å². The number of nitrogens with zero attached hydrogens (tertiary/aromatic N) is 1. The van der Waals surface area contributed by atoms with Crippen LogP contribution in [0.2, 0.25) is 0 Å². The maximum atomic E-state index is 14.4. The van der Waals surface area contributed by atoms with Crippen LogP contribution < -0.4 is 9.47 Å². The first-order chi connectivity index (χ1) is 13.1. The Labute approximate surface area is 155 Å². The molecule has 3 rings (SSSR count). The lowest BCUT2D eigenvalue weighted by molar-refractivity contribution is 0.0510. The van der Waals surface area contributed by atoms with Gasteiger partial charge in [0.25, 0.3) is 0 Å². The summed E-state index contributed by atoms with van der Waals surface area (Å²) in [5.74, 6) is -0.838. The third-order valence-corrected chi connectivity index (χ3v) is 3.76. The van der Waals surface area contributed by atoms with Gasteiger partial charge < -0.3 is 18.7 Å². The van der Waals surface area contributed by atoms with E-state index >= 15 is 0 Å². The second-order valence-electron chi connectivity index (χ2n) is 5.53. The standard InChI is InChI=1S/C20H18FNO5/c1-3-25-20(23)17-19(26-12-13-7-5-4-6-8-13)18(27-22-17)15-11-14(24-2)9-10-16(15)21/h4-11H,3,12H2,1-2H3. The van der Waals surface area contributed by atoms with Gasteiger partial charge in [-0.25, -0.2) is 9.18 Å². The monoisotopic (exact) mass is 371 g/mol. The lowest BCUT2D eigenvalue weighted by Gasteiger charge is -2.09. The van der Waals surface area contributed by atoms with Crippen molar-refractivity contribution in [2.75, 3.05) is 13.7 Å². The van der Waals surface area contributed by atoms with E-state index in [2.05, 4.69) is 5.16 Å². The van der Waals surface area contributed by atoms with Crippen LogP contribution in [0.4, 0.5) is 4.39 Å². The van der Waals surface area contributed by atoms with E-state index in [1.54, 1.807) is 6.92 Å². The van der Waals surface area contributed by atoms with Crippen molar-refractivity contribution in [3.05, 3.63) is 65.6 Å². The molecule has 6 nitrogen and oxygen atoms in total. The van der Waals surface area contributed by atoms with Gasteiger partial charge in [0.05, 0.1) is 19.3 Å². The zero-order chi connectivity index (χ0) is 19.2. The number of methoxy groups -OCH3 is 1. The Kier molecular flexibility index (Phi) is 5.71. The van der Waals surface area contributed by atoms with Gasteiger partial charge in [-0.1, -0.05) is 35.5 Å². The van der Waals surface area contributed by atoms with Gasteiger partial charge in [-0.05, 0) is 30.7 Å². The van der Waals surface area contributed by atoms with Gasteiger partial charge in [-0.15, -0.1) is 0 Å². The van der Waals surface area contributed by atoms with E-state index in [1.165, 1.54) is 25.3 Å². The van der Waals surface area contributed by atoms with Crippen molar-refractivity contribution in [3.8, 4) is 22.8 Å². The molecule has 1 heterocycles. The topological polar surface area (TPSA) is 70.8 Å². The van der Waals surface area contributed by atoms with Crippen LogP contribution in [0, 0.1) is 5.82 Å². The Morgan fingerprint density at radius 2 is 1.96 bits per heavy atom. The molecule has 0 N–H and O–H groups in total. The molecule has 0 aliphatic rings. The normalized spacial score (nSPS) is 10.5. The predicted octanol–water partition coefficient (Wildman–Crippen LogP) is 4.25. The lowest BCUT2D eigenvalue weighted by Crippen LogP contribution is -2.08. The van der Waals surface area contributed by atoms with Gasteiger partial charge in [0.15, 0.2) is 0 Å². The number of halogens is 1. The molecule has 7 heteroatoms. The first kappa shape index (κ1) is 18.4. The molecule has 0 amide bonds. The summed E-state index contributed by atoms with van der Waals surface area (Å²) in [5, 5.41) is 3.74. The predicted molar refractivity (Wildman–Crippen MR) is 95.2 cm³/mol. The van der Waals surface area contributed by atoms with E-state index in [0.717, 1.165) is 5.56 Å². The summed E-state index contributed by atoms with van der Waals surface area (Å²) < 4.78 is 35.5. The SMILES string of the molecule is CCOC(=O)c1noc(-c2cc(OC)ccc2F)c1OCc1ccccc1. The molecule has 1 aromatic heterocycles. The van der Waals surface area contributed by atoms with E-state index in [4.69, 9.17) is 18.7 Å². The van der Waals surface area contributed by atoms with Gasteiger partial charge in [0.1, 0.15) is 18.2 Å². The van der Waals surface area contributed by atoms with Crippen molar-refractivity contribution in [2.45, 2.75) is 13.5 Å². The van der Waals surface area contributed by atoms with Crippen molar-refractivity contribution in [3.63, 3.8) is 0 Å². The van der Waals surface area contributed by atoms with Crippen molar-refractivity contribution in [2.24, 2.45) is 0 Å². The summed E-state index contributed by atoms with van der Waals surface area (Å²) in [6.07, 6.45) is 0. The molecule has 0 fully saturated rings. The van der Waals surface area contributed by atoms with E-state index in [9.17, 15) is 9.18 Å². The summed E-state index contributed by atoms with van der Waals surface area (Å²) in [5.41, 5.74) is 0.788. The third kappa shape index (κ3) is 4.08. The Balaban J connectivity index is 2.02. The number of ether oxygens (including phenoxy) is 3. The number of benzene rings is 2. The number of aromatic nitrogens is 1. The Morgan fingerprint density at radius 3 is 2.67 bits per heavy atom. The molecule has 0 radical (unpaired) electrons. The molecule has 0 atom stereocenters. The van der Waals surface area contributed by atoms with Crippen LogP contribution >= 0.6 is 0 Å². The van der Waals surface area contributed by atoms with Crippen molar-refractivity contribution >= 4 is 5.97 Å². The second-order valence-corrected chi connectivity index (χ2v) is 5.53. The quantitative estimate of drug-likeness (QED) is 0.579. The highest BCUT2D eigenvalue weighted by Gasteiger charge is 2.27. The average molecular weight is 371 g/mol. The molecular formula is C20H18FNO5. The summed E-state index contributed by atoms with van der Waals surface area (Å²) >= 11 is 0. The number of hydrogen-bond donors (Lipinski definition) is 0. The van der Waals surface area contributed by atoms with Gasteiger partial charge in [-0.2, -0.15) is 0 Å². The van der Waals surface area contributed by atoms with Crippen LogP contribution in [-0.4, -0.2) is 24.8 Å². The van der Waals surface area contributed by atoms with Gasteiger partial charge in [0, 0.05) is 0 Å². The zero-order valence-electron chi connectivity index (χ0n) is 14.9. The Bertz CT molecular complexity index is 923. The number of rotatable bonds is 7. The smallest absolute Gasteiger partial charge is 0.364 e. The molecule has 0 saturated heterocycles. The Morgan fingerprint density at radius 1 is 1.19 bits per heavy atom. The minimum Gasteiger partial charge on any atom is -0.497 e. The molecule has 0 unspecified atom stereocenters. The second kappa shape index (κ2) is 8.35. The van der Waals surface area contributed by atoms with Crippen molar-refractivity contribution in [1.82, 2.24) is 5.16 Å². The van der Waals surface area contributed by atoms with Crippen molar-refractivity contribution in [1.29, 1.82) is 0 Å². The van der Waals surface area contributed by atoms with Crippen LogP contribution in [0.5, 0.6) is 11.5 Å². The van der Waals surface area contributed by atoms with E-state index in [-0.39, 0.29) is 36.0 Å². The van der Waals surface area contributed by atoms with E-state index in [1.807, 2.05) is 30.3 Å².